The number of aromatic nitrogens is 1. The Labute approximate surface area is 178 Å². The number of nitrogens with zero attached hydrogens (tertiary/aromatic N) is 1. The first kappa shape index (κ1) is 17.6. The van der Waals surface area contributed by atoms with Crippen LogP contribution >= 0.6 is 0 Å². The number of carbonyl (C=O) groups is 1. The van der Waals surface area contributed by atoms with E-state index in [0.29, 0.717) is 18.2 Å². The second kappa shape index (κ2) is 6.98. The fourth-order valence-corrected chi connectivity index (χ4v) is 3.46. The number of rotatable bonds is 3. The minimum atomic E-state index is -0.344. The van der Waals surface area contributed by atoms with Crippen LogP contribution in [-0.2, 0) is 9.47 Å². The number of fused-ring (bicyclic) bond motifs is 1. The van der Waals surface area contributed by atoms with E-state index in [1.807, 2.05) is 12.1 Å². The fraction of sp³-hybridized carbons (Fsp3) is 0.500. The fourth-order valence-electron chi connectivity index (χ4n) is 3.46. The van der Waals surface area contributed by atoms with E-state index in [1.165, 1.54) is 18.4 Å². The van der Waals surface area contributed by atoms with E-state index in [1.54, 1.807) is 6.92 Å². The van der Waals surface area contributed by atoms with Crippen LogP contribution < -0.4 is 56.4 Å². The molecule has 2 fully saturated rings. The van der Waals surface area contributed by atoms with Gasteiger partial charge in [0.05, 0.1) is 12.2 Å². The zero-order valence-electron chi connectivity index (χ0n) is 13.8. The second-order valence-electron chi connectivity index (χ2n) is 6.40. The second-order valence-corrected chi connectivity index (χ2v) is 6.40. The molecule has 0 bridgehead atoms. The first-order chi connectivity index (χ1) is 10.7. The Morgan fingerprint density at radius 2 is 2.22 bits per heavy atom. The van der Waals surface area contributed by atoms with E-state index in [-0.39, 0.29) is 63.0 Å². The maximum atomic E-state index is 11.8. The molecular formula is C18H20KNO3. The van der Waals surface area contributed by atoms with Crippen molar-refractivity contribution in [2.45, 2.75) is 44.1 Å². The third-order valence-electron chi connectivity index (χ3n) is 4.84. The van der Waals surface area contributed by atoms with Gasteiger partial charge in [-0.15, -0.1) is 5.52 Å². The van der Waals surface area contributed by atoms with Gasteiger partial charge < -0.3 is 14.5 Å². The predicted molar refractivity (Wildman–Crippen MR) is 83.1 cm³/mol. The zero-order valence-corrected chi connectivity index (χ0v) is 16.9. The van der Waals surface area contributed by atoms with Crippen LogP contribution in [0.15, 0.2) is 24.3 Å². The minimum Gasteiger partial charge on any atom is -0.651 e. The van der Waals surface area contributed by atoms with Crippen molar-refractivity contribution in [2.75, 3.05) is 13.2 Å². The number of carbonyl (C=O) groups excluding carboxylic acids is 1. The Kier molecular flexibility index (Phi) is 5.35. The minimum absolute atomic E-state index is 0. The maximum Gasteiger partial charge on any atom is 1.00 e. The van der Waals surface area contributed by atoms with Crippen LogP contribution in [0, 0.1) is 0 Å². The molecule has 4 rings (SSSR count). The molecule has 2 aromatic rings. The van der Waals surface area contributed by atoms with Crippen molar-refractivity contribution in [1.29, 1.82) is 0 Å². The Morgan fingerprint density at radius 1 is 1.39 bits per heavy atom. The van der Waals surface area contributed by atoms with Crippen LogP contribution in [0.3, 0.4) is 0 Å². The molecule has 0 radical (unpaired) electrons. The van der Waals surface area contributed by atoms with Crippen molar-refractivity contribution in [3.8, 4) is 0 Å². The molecule has 116 valence electrons. The zero-order chi connectivity index (χ0) is 15.2. The standard InChI is InChI=1S/C18H21NO3.K/c1-2-21-17(20)16-10-14-9-12(3-4-15(14)19-16)13-5-8-22-18(11-13)6-7-18;/h3-4,9-10,13H,2,5-8,11H2,1H3,(H,19,20);/q;+1/p-1. The monoisotopic (exact) mass is 337 g/mol. The molecule has 0 N–H and O–H groups in total. The summed E-state index contributed by atoms with van der Waals surface area (Å²) >= 11 is 0. The van der Waals surface area contributed by atoms with Crippen molar-refractivity contribution in [3.05, 3.63) is 35.5 Å². The van der Waals surface area contributed by atoms with Gasteiger partial charge in [-0.3, -0.25) is 0 Å². The van der Waals surface area contributed by atoms with Gasteiger partial charge in [-0.1, -0.05) is 24.3 Å². The first-order valence-corrected chi connectivity index (χ1v) is 8.08. The summed E-state index contributed by atoms with van der Waals surface area (Å²) in [5.74, 6) is 0.213. The van der Waals surface area contributed by atoms with Crippen LogP contribution in [0.1, 0.15) is 54.6 Å². The maximum absolute atomic E-state index is 11.8. The summed E-state index contributed by atoms with van der Waals surface area (Å²) in [6, 6.07) is 8.18. The number of ether oxygens (including phenoxy) is 2. The molecule has 1 saturated carbocycles. The summed E-state index contributed by atoms with van der Waals surface area (Å²) in [6.07, 6.45) is 4.61. The van der Waals surface area contributed by atoms with Crippen molar-refractivity contribution < 1.29 is 65.7 Å². The van der Waals surface area contributed by atoms with E-state index in [2.05, 4.69) is 17.1 Å². The average Bonchev–Trinajstić information content (AvgIpc) is 3.13. The van der Waals surface area contributed by atoms with Crippen molar-refractivity contribution in [2.24, 2.45) is 0 Å². The van der Waals surface area contributed by atoms with E-state index >= 15 is 0 Å². The molecule has 5 heteroatoms. The van der Waals surface area contributed by atoms with Gasteiger partial charge >= 0.3 is 57.4 Å². The molecule has 1 aliphatic heterocycles. The van der Waals surface area contributed by atoms with Crippen LogP contribution in [-0.4, -0.2) is 24.8 Å². The number of esters is 1. The molecular weight excluding hydrogens is 317 g/mol. The van der Waals surface area contributed by atoms with Gasteiger partial charge in [-0.25, -0.2) is 4.79 Å². The summed E-state index contributed by atoms with van der Waals surface area (Å²) in [6.45, 7) is 3.03. The topological polar surface area (TPSA) is 49.6 Å². The van der Waals surface area contributed by atoms with E-state index < -0.39 is 0 Å². The molecule has 1 unspecified atom stereocenters. The van der Waals surface area contributed by atoms with Crippen LogP contribution in [0.2, 0.25) is 0 Å². The van der Waals surface area contributed by atoms with Crippen molar-refractivity contribution in [3.63, 3.8) is 0 Å². The first-order valence-electron chi connectivity index (χ1n) is 8.08. The van der Waals surface area contributed by atoms with Crippen molar-refractivity contribution in [1.82, 2.24) is 4.98 Å². The molecule has 4 nitrogen and oxygen atoms in total. The molecule has 1 spiro atoms. The Hall–Kier alpha value is -0.174. The number of benzene rings is 1. The summed E-state index contributed by atoms with van der Waals surface area (Å²) < 4.78 is 10.9. The number of hydrogen-bond acceptors (Lipinski definition) is 3. The predicted octanol–water partition coefficient (Wildman–Crippen LogP) is 0.404. The molecule has 23 heavy (non-hydrogen) atoms. The molecule has 1 saturated heterocycles. The van der Waals surface area contributed by atoms with Gasteiger partial charge in [-0.2, -0.15) is 0 Å². The quantitative estimate of drug-likeness (QED) is 0.601. The summed E-state index contributed by atoms with van der Waals surface area (Å²) in [4.78, 5) is 16.2. The van der Waals surface area contributed by atoms with Crippen LogP contribution in [0.4, 0.5) is 0 Å². The molecule has 1 aliphatic carbocycles. The molecule has 1 aromatic heterocycles. The Balaban J connectivity index is 0.00000156. The Morgan fingerprint density at radius 3 is 2.96 bits per heavy atom. The van der Waals surface area contributed by atoms with Crippen LogP contribution in [0.25, 0.3) is 10.9 Å². The van der Waals surface area contributed by atoms with Gasteiger partial charge in [0.2, 0.25) is 0 Å². The van der Waals surface area contributed by atoms with Gasteiger partial charge in [-0.05, 0) is 55.2 Å². The number of hydrogen-bond donors (Lipinski definition) is 0. The largest absolute Gasteiger partial charge is 1.00 e. The third kappa shape index (κ3) is 3.60. The normalized spacial score (nSPS) is 21.9. The summed E-state index contributed by atoms with van der Waals surface area (Å²) in [7, 11) is 0. The van der Waals surface area contributed by atoms with E-state index in [0.717, 1.165) is 30.4 Å². The van der Waals surface area contributed by atoms with Gasteiger partial charge in [0.15, 0.2) is 0 Å². The SMILES string of the molecule is CCOC(=O)c1cc2cc(C3CCOC4(CC4)C3)ccc2[n-]1.[K+]. The van der Waals surface area contributed by atoms with Gasteiger partial charge in [0.1, 0.15) is 0 Å². The Bertz CT molecular complexity index is 720. The molecule has 0 amide bonds. The average molecular weight is 337 g/mol. The van der Waals surface area contributed by atoms with Gasteiger partial charge in [0.25, 0.3) is 0 Å². The van der Waals surface area contributed by atoms with E-state index in [9.17, 15) is 4.79 Å². The van der Waals surface area contributed by atoms with Crippen molar-refractivity contribution >= 4 is 16.9 Å². The summed E-state index contributed by atoms with van der Waals surface area (Å²) in [5.41, 5.74) is 2.78. The third-order valence-corrected chi connectivity index (χ3v) is 4.84. The molecule has 2 aliphatic rings. The molecule has 1 aromatic carbocycles. The summed E-state index contributed by atoms with van der Waals surface area (Å²) in [5, 5.41) is 1.02. The molecule has 2 heterocycles. The van der Waals surface area contributed by atoms with Crippen LogP contribution in [0.5, 0.6) is 0 Å². The van der Waals surface area contributed by atoms with E-state index in [4.69, 9.17) is 9.47 Å². The smallest absolute Gasteiger partial charge is 0.651 e. The van der Waals surface area contributed by atoms with Gasteiger partial charge in [0, 0.05) is 6.61 Å². The molecule has 1 atom stereocenters.